The van der Waals surface area contributed by atoms with Gasteiger partial charge < -0.3 is 16.0 Å². The first-order valence-electron chi connectivity index (χ1n) is 10.0. The molecule has 2 unspecified atom stereocenters. The van der Waals surface area contributed by atoms with Crippen LogP contribution in [0.15, 0.2) is 36.8 Å². The number of nitrogens with one attached hydrogen (secondary N) is 1. The summed E-state index contributed by atoms with van der Waals surface area (Å²) in [4.78, 5) is 2.33. The van der Waals surface area contributed by atoms with Crippen molar-refractivity contribution in [2.45, 2.75) is 92.7 Å². The number of allylic oxidation sites excluding steroid dienone is 1. The minimum absolute atomic E-state index is 0.270. The van der Waals surface area contributed by atoms with Gasteiger partial charge in [-0.1, -0.05) is 67.7 Å². The van der Waals surface area contributed by atoms with Crippen molar-refractivity contribution in [2.75, 3.05) is 6.54 Å². The quantitative estimate of drug-likeness (QED) is 0.580. The van der Waals surface area contributed by atoms with Crippen molar-refractivity contribution in [3.8, 4) is 0 Å². The van der Waals surface area contributed by atoms with E-state index in [9.17, 15) is 0 Å². The third kappa shape index (κ3) is 11.7. The summed E-state index contributed by atoms with van der Waals surface area (Å²) in [6.45, 7) is 28.0. The van der Waals surface area contributed by atoms with E-state index in [4.69, 9.17) is 5.73 Å². The van der Waals surface area contributed by atoms with Crippen LogP contribution >= 0.6 is 0 Å². The maximum absolute atomic E-state index is 5.91. The summed E-state index contributed by atoms with van der Waals surface area (Å²) in [5, 5.41) is 3.47. The average molecular weight is 352 g/mol. The fourth-order valence-electron chi connectivity index (χ4n) is 3.04. The van der Waals surface area contributed by atoms with E-state index in [0.717, 1.165) is 37.2 Å². The third-order valence-electron chi connectivity index (χ3n) is 3.78. The van der Waals surface area contributed by atoms with Crippen LogP contribution in [-0.2, 0) is 0 Å². The Labute approximate surface area is 158 Å². The number of likely N-dealkylation sites (tertiary alicyclic amines) is 1. The van der Waals surface area contributed by atoms with Crippen LogP contribution in [0.4, 0.5) is 0 Å². The predicted molar refractivity (Wildman–Crippen MR) is 115 cm³/mol. The SMILES string of the molecule is C=C(C)NC(CC(=C)N1CCCC1C(=C)N)CC(C)C.CC.CCC. The van der Waals surface area contributed by atoms with Crippen molar-refractivity contribution < 1.29 is 0 Å². The molecule has 0 bridgehead atoms. The highest BCUT2D eigenvalue weighted by molar-refractivity contribution is 5.12. The molecule has 1 fully saturated rings. The zero-order valence-electron chi connectivity index (χ0n) is 18.1. The van der Waals surface area contributed by atoms with Gasteiger partial charge in [0, 0.05) is 36.1 Å². The normalized spacial score (nSPS) is 17.0. The fourth-order valence-corrected chi connectivity index (χ4v) is 3.04. The summed E-state index contributed by atoms with van der Waals surface area (Å²) in [5.74, 6) is 0.651. The van der Waals surface area contributed by atoms with Crippen LogP contribution in [0.2, 0.25) is 0 Å². The van der Waals surface area contributed by atoms with E-state index in [1.807, 2.05) is 20.8 Å². The highest BCUT2D eigenvalue weighted by atomic mass is 15.2. The van der Waals surface area contributed by atoms with Gasteiger partial charge in [-0.3, -0.25) is 0 Å². The largest absolute Gasteiger partial charge is 0.401 e. The van der Waals surface area contributed by atoms with E-state index in [-0.39, 0.29) is 6.04 Å². The molecule has 1 heterocycles. The maximum Gasteiger partial charge on any atom is 0.0677 e. The van der Waals surface area contributed by atoms with Crippen molar-refractivity contribution in [3.05, 3.63) is 36.8 Å². The van der Waals surface area contributed by atoms with Crippen LogP contribution in [0.5, 0.6) is 0 Å². The van der Waals surface area contributed by atoms with Crippen molar-refractivity contribution in [1.29, 1.82) is 0 Å². The van der Waals surface area contributed by atoms with Gasteiger partial charge in [0.25, 0.3) is 0 Å². The minimum Gasteiger partial charge on any atom is -0.401 e. The Bertz CT molecular complexity index is 385. The standard InChI is InChI=1S/C17H31N3.C3H8.C2H6/c1-12(2)10-16(19-13(3)4)11-14(5)20-9-7-8-17(20)15(6)18;1-3-2;1-2/h12,16-17,19H,3,5-11,18H2,1-2,4H3;3H2,1-2H3;1-2H3. The summed E-state index contributed by atoms with van der Waals surface area (Å²) in [6, 6.07) is 0.666. The monoisotopic (exact) mass is 351 g/mol. The Kier molecular flexibility index (Phi) is 15.4. The minimum atomic E-state index is 0.270. The molecule has 1 aliphatic rings. The lowest BCUT2D eigenvalue weighted by atomic mass is 9.99. The smallest absolute Gasteiger partial charge is 0.0677 e. The molecule has 3 N–H and O–H groups in total. The van der Waals surface area contributed by atoms with Crippen LogP contribution in [0.25, 0.3) is 0 Å². The van der Waals surface area contributed by atoms with Gasteiger partial charge >= 0.3 is 0 Å². The lowest BCUT2D eigenvalue weighted by Gasteiger charge is -2.32. The molecule has 1 rings (SSSR count). The zero-order valence-corrected chi connectivity index (χ0v) is 18.1. The van der Waals surface area contributed by atoms with Crippen molar-refractivity contribution >= 4 is 0 Å². The summed E-state index contributed by atoms with van der Waals surface area (Å²) < 4.78 is 0. The molecule has 0 spiro atoms. The molecule has 0 aromatic carbocycles. The van der Waals surface area contributed by atoms with E-state index in [0.29, 0.717) is 12.0 Å². The molecule has 0 radical (unpaired) electrons. The van der Waals surface area contributed by atoms with Gasteiger partial charge in [0.05, 0.1) is 6.04 Å². The molecular formula is C22H45N3. The molecule has 148 valence electrons. The van der Waals surface area contributed by atoms with E-state index in [1.165, 1.54) is 18.5 Å². The van der Waals surface area contributed by atoms with Crippen molar-refractivity contribution in [1.82, 2.24) is 10.2 Å². The first-order valence-corrected chi connectivity index (χ1v) is 10.0. The first-order chi connectivity index (χ1) is 11.7. The van der Waals surface area contributed by atoms with Gasteiger partial charge in [-0.25, -0.2) is 0 Å². The average Bonchev–Trinajstić information content (AvgIpc) is 2.98. The van der Waals surface area contributed by atoms with Crippen molar-refractivity contribution in [2.24, 2.45) is 11.7 Å². The highest BCUT2D eigenvalue weighted by Crippen LogP contribution is 2.27. The Morgan fingerprint density at radius 3 is 2.12 bits per heavy atom. The molecule has 0 aliphatic carbocycles. The number of nitrogens with two attached hydrogens (primary N) is 1. The maximum atomic E-state index is 5.91. The van der Waals surface area contributed by atoms with Gasteiger partial charge in [0.2, 0.25) is 0 Å². The van der Waals surface area contributed by atoms with Gasteiger partial charge in [0.1, 0.15) is 0 Å². The Balaban J connectivity index is 0. The van der Waals surface area contributed by atoms with Crippen molar-refractivity contribution in [3.63, 3.8) is 0 Å². The molecule has 1 saturated heterocycles. The molecule has 25 heavy (non-hydrogen) atoms. The zero-order chi connectivity index (χ0) is 20.0. The molecular weight excluding hydrogens is 306 g/mol. The fraction of sp³-hybridized carbons (Fsp3) is 0.727. The summed E-state index contributed by atoms with van der Waals surface area (Å²) >= 11 is 0. The molecule has 3 nitrogen and oxygen atoms in total. The van der Waals surface area contributed by atoms with Gasteiger partial charge in [-0.05, 0) is 32.1 Å². The summed E-state index contributed by atoms with van der Waals surface area (Å²) in [7, 11) is 0. The van der Waals surface area contributed by atoms with E-state index in [2.05, 4.69) is 57.6 Å². The molecule has 1 aliphatic heterocycles. The van der Waals surface area contributed by atoms with Crippen LogP contribution < -0.4 is 11.1 Å². The van der Waals surface area contributed by atoms with E-state index < -0.39 is 0 Å². The van der Waals surface area contributed by atoms with Crippen LogP contribution in [-0.4, -0.2) is 23.5 Å². The molecule has 2 atom stereocenters. The summed E-state index contributed by atoms with van der Waals surface area (Å²) in [5.41, 5.74) is 8.86. The van der Waals surface area contributed by atoms with Crippen LogP contribution in [0.1, 0.15) is 80.6 Å². The third-order valence-corrected chi connectivity index (χ3v) is 3.78. The van der Waals surface area contributed by atoms with Gasteiger partial charge in [-0.15, -0.1) is 0 Å². The molecule has 3 heteroatoms. The number of hydrogen-bond acceptors (Lipinski definition) is 3. The number of nitrogens with zero attached hydrogens (tertiary/aromatic N) is 1. The topological polar surface area (TPSA) is 41.3 Å². The van der Waals surface area contributed by atoms with Crippen LogP contribution in [0, 0.1) is 5.92 Å². The molecule has 0 aromatic rings. The Morgan fingerprint density at radius 2 is 1.72 bits per heavy atom. The first kappa shape index (κ1) is 25.9. The highest BCUT2D eigenvalue weighted by Gasteiger charge is 2.27. The second-order valence-corrected chi connectivity index (χ2v) is 7.15. The van der Waals surface area contributed by atoms with E-state index >= 15 is 0 Å². The van der Waals surface area contributed by atoms with Gasteiger partial charge in [0.15, 0.2) is 0 Å². The lowest BCUT2D eigenvalue weighted by molar-refractivity contribution is 0.319. The predicted octanol–water partition coefficient (Wildman–Crippen LogP) is 5.81. The lowest BCUT2D eigenvalue weighted by Crippen LogP contribution is -2.36. The Morgan fingerprint density at radius 1 is 1.20 bits per heavy atom. The number of rotatable bonds is 8. The van der Waals surface area contributed by atoms with Gasteiger partial charge in [-0.2, -0.15) is 0 Å². The Hall–Kier alpha value is -1.38. The second-order valence-electron chi connectivity index (χ2n) is 7.15. The summed E-state index contributed by atoms with van der Waals surface area (Å²) in [6.07, 6.45) is 5.57. The second kappa shape index (κ2) is 14.9. The van der Waals surface area contributed by atoms with E-state index in [1.54, 1.807) is 0 Å². The molecule has 0 amide bonds. The number of hydrogen-bond donors (Lipinski definition) is 2. The van der Waals surface area contributed by atoms with Crippen LogP contribution in [0.3, 0.4) is 0 Å². The molecule has 0 saturated carbocycles. The molecule has 0 aromatic heterocycles.